The first-order chi connectivity index (χ1) is 9.47. The van der Waals surface area contributed by atoms with Crippen LogP contribution in [0.1, 0.15) is 32.8 Å². The van der Waals surface area contributed by atoms with Crippen LogP contribution in [0.15, 0.2) is 18.2 Å². The summed E-state index contributed by atoms with van der Waals surface area (Å²) < 4.78 is 10.4. The van der Waals surface area contributed by atoms with E-state index in [2.05, 4.69) is 0 Å². The van der Waals surface area contributed by atoms with E-state index in [1.807, 2.05) is 19.1 Å². The Hall–Kier alpha value is -1.26. The number of hydrogen-bond acceptors (Lipinski definition) is 4. The topological polar surface area (TPSA) is 61.5 Å². The second-order valence-corrected chi connectivity index (χ2v) is 5.06. The average molecular weight is 300 g/mol. The van der Waals surface area contributed by atoms with Crippen LogP contribution in [-0.4, -0.2) is 24.7 Å². The molecule has 0 heterocycles. The van der Waals surface area contributed by atoms with Gasteiger partial charge in [-0.05, 0) is 44.4 Å². The standard InChI is InChI=1S/C15H22ClNO3/c1-4-12(17)8-11-6-7-14(13(16)9-11)20-10(3)15(18)19-5-2/h6-7,9-10,12H,4-5,8,17H2,1-3H3. The number of carbonyl (C=O) groups excluding carboxylic acids is 1. The molecule has 5 heteroatoms. The second kappa shape index (κ2) is 8.12. The number of esters is 1. The number of benzene rings is 1. The summed E-state index contributed by atoms with van der Waals surface area (Å²) in [7, 11) is 0. The van der Waals surface area contributed by atoms with Crippen molar-refractivity contribution < 1.29 is 14.3 Å². The number of hydrogen-bond donors (Lipinski definition) is 1. The van der Waals surface area contributed by atoms with E-state index in [0.717, 1.165) is 18.4 Å². The molecule has 2 unspecified atom stereocenters. The molecular formula is C15H22ClNO3. The highest BCUT2D eigenvalue weighted by molar-refractivity contribution is 6.32. The highest BCUT2D eigenvalue weighted by atomic mass is 35.5. The third kappa shape index (κ3) is 5.02. The molecule has 0 aliphatic carbocycles. The quantitative estimate of drug-likeness (QED) is 0.786. The Kier molecular flexibility index (Phi) is 6.82. The Morgan fingerprint density at radius 2 is 2.10 bits per heavy atom. The van der Waals surface area contributed by atoms with Crippen LogP contribution < -0.4 is 10.5 Å². The summed E-state index contributed by atoms with van der Waals surface area (Å²) in [5.74, 6) is 0.0710. The molecule has 0 spiro atoms. The zero-order chi connectivity index (χ0) is 15.1. The fourth-order valence-corrected chi connectivity index (χ4v) is 1.96. The van der Waals surface area contributed by atoms with Crippen molar-refractivity contribution >= 4 is 17.6 Å². The van der Waals surface area contributed by atoms with E-state index in [0.29, 0.717) is 17.4 Å². The van der Waals surface area contributed by atoms with E-state index >= 15 is 0 Å². The molecular weight excluding hydrogens is 278 g/mol. The summed E-state index contributed by atoms with van der Waals surface area (Å²) in [5.41, 5.74) is 6.97. The first-order valence-corrected chi connectivity index (χ1v) is 7.23. The van der Waals surface area contributed by atoms with Gasteiger partial charge in [-0.3, -0.25) is 0 Å². The average Bonchev–Trinajstić information content (AvgIpc) is 2.41. The van der Waals surface area contributed by atoms with Gasteiger partial charge in [0.15, 0.2) is 6.10 Å². The third-order valence-corrected chi connectivity index (χ3v) is 3.24. The van der Waals surface area contributed by atoms with Gasteiger partial charge in [0, 0.05) is 6.04 Å². The lowest BCUT2D eigenvalue weighted by molar-refractivity contribution is -0.150. The van der Waals surface area contributed by atoms with Gasteiger partial charge in [-0.2, -0.15) is 0 Å². The van der Waals surface area contributed by atoms with Crippen LogP contribution in [0.5, 0.6) is 5.75 Å². The van der Waals surface area contributed by atoms with Crippen molar-refractivity contribution in [1.29, 1.82) is 0 Å². The molecule has 4 nitrogen and oxygen atoms in total. The van der Waals surface area contributed by atoms with Gasteiger partial charge in [-0.1, -0.05) is 24.6 Å². The van der Waals surface area contributed by atoms with Crippen molar-refractivity contribution in [2.24, 2.45) is 5.73 Å². The van der Waals surface area contributed by atoms with Crippen LogP contribution in [0.25, 0.3) is 0 Å². The molecule has 2 atom stereocenters. The lowest BCUT2D eigenvalue weighted by Crippen LogP contribution is -2.26. The van der Waals surface area contributed by atoms with Crippen molar-refractivity contribution in [3.05, 3.63) is 28.8 Å². The van der Waals surface area contributed by atoms with Crippen molar-refractivity contribution in [1.82, 2.24) is 0 Å². The summed E-state index contributed by atoms with van der Waals surface area (Å²) in [6, 6.07) is 5.62. The van der Waals surface area contributed by atoms with Crippen LogP contribution in [-0.2, 0) is 16.0 Å². The molecule has 1 rings (SSSR count). The van der Waals surface area contributed by atoms with Crippen LogP contribution in [0.2, 0.25) is 5.02 Å². The van der Waals surface area contributed by atoms with E-state index in [4.69, 9.17) is 26.8 Å². The zero-order valence-electron chi connectivity index (χ0n) is 12.2. The molecule has 112 valence electrons. The Balaban J connectivity index is 2.70. The van der Waals surface area contributed by atoms with Crippen molar-refractivity contribution in [2.45, 2.75) is 45.8 Å². The molecule has 2 N–H and O–H groups in total. The van der Waals surface area contributed by atoms with Crippen molar-refractivity contribution in [3.8, 4) is 5.75 Å². The van der Waals surface area contributed by atoms with Gasteiger partial charge in [0.05, 0.1) is 11.6 Å². The monoisotopic (exact) mass is 299 g/mol. The van der Waals surface area contributed by atoms with Crippen LogP contribution >= 0.6 is 11.6 Å². The van der Waals surface area contributed by atoms with Gasteiger partial charge < -0.3 is 15.2 Å². The second-order valence-electron chi connectivity index (χ2n) is 4.65. The Labute approximate surface area is 125 Å². The maximum absolute atomic E-state index is 11.5. The van der Waals surface area contributed by atoms with E-state index in [1.54, 1.807) is 19.9 Å². The van der Waals surface area contributed by atoms with Crippen molar-refractivity contribution in [3.63, 3.8) is 0 Å². The SMILES string of the molecule is CCOC(=O)C(C)Oc1ccc(CC(N)CC)cc1Cl. The highest BCUT2D eigenvalue weighted by Crippen LogP contribution is 2.27. The fraction of sp³-hybridized carbons (Fsp3) is 0.533. The molecule has 0 aromatic heterocycles. The highest BCUT2D eigenvalue weighted by Gasteiger charge is 2.17. The molecule has 0 amide bonds. The predicted octanol–water partition coefficient (Wildman–Crippen LogP) is 2.95. The minimum absolute atomic E-state index is 0.122. The minimum atomic E-state index is -0.684. The maximum atomic E-state index is 11.5. The molecule has 0 saturated carbocycles. The molecule has 1 aromatic carbocycles. The van der Waals surface area contributed by atoms with Crippen molar-refractivity contribution in [2.75, 3.05) is 6.61 Å². The lowest BCUT2D eigenvalue weighted by Gasteiger charge is -2.15. The Morgan fingerprint density at radius 3 is 2.65 bits per heavy atom. The van der Waals surface area contributed by atoms with Crippen LogP contribution in [0.3, 0.4) is 0 Å². The number of carbonyl (C=O) groups is 1. The third-order valence-electron chi connectivity index (χ3n) is 2.94. The van der Waals surface area contributed by atoms with Crippen LogP contribution in [0.4, 0.5) is 0 Å². The Bertz CT molecular complexity index is 451. The van der Waals surface area contributed by atoms with Crippen LogP contribution in [0, 0.1) is 0 Å². The normalized spacial score (nSPS) is 13.7. The summed E-state index contributed by atoms with van der Waals surface area (Å²) in [6.45, 7) is 5.76. The molecule has 0 saturated heterocycles. The minimum Gasteiger partial charge on any atom is -0.477 e. The first-order valence-electron chi connectivity index (χ1n) is 6.85. The van der Waals surface area contributed by atoms with E-state index in [9.17, 15) is 4.79 Å². The molecule has 0 aliphatic rings. The van der Waals surface area contributed by atoms with E-state index < -0.39 is 12.1 Å². The van der Waals surface area contributed by atoms with Gasteiger partial charge in [0.2, 0.25) is 0 Å². The van der Waals surface area contributed by atoms with Gasteiger partial charge >= 0.3 is 5.97 Å². The fourth-order valence-electron chi connectivity index (χ4n) is 1.71. The van der Waals surface area contributed by atoms with Gasteiger partial charge in [0.25, 0.3) is 0 Å². The number of ether oxygens (including phenoxy) is 2. The summed E-state index contributed by atoms with van der Waals surface area (Å²) >= 11 is 6.16. The lowest BCUT2D eigenvalue weighted by atomic mass is 10.0. The van der Waals surface area contributed by atoms with E-state index in [-0.39, 0.29) is 6.04 Å². The zero-order valence-corrected chi connectivity index (χ0v) is 12.9. The molecule has 0 radical (unpaired) electrons. The molecule has 0 bridgehead atoms. The van der Waals surface area contributed by atoms with E-state index in [1.165, 1.54) is 0 Å². The van der Waals surface area contributed by atoms with Gasteiger partial charge in [-0.25, -0.2) is 4.79 Å². The van der Waals surface area contributed by atoms with Gasteiger partial charge in [-0.15, -0.1) is 0 Å². The maximum Gasteiger partial charge on any atom is 0.347 e. The van der Waals surface area contributed by atoms with Gasteiger partial charge in [0.1, 0.15) is 5.75 Å². The largest absolute Gasteiger partial charge is 0.477 e. The number of nitrogens with two attached hydrogens (primary N) is 1. The number of halogens is 1. The summed E-state index contributed by atoms with van der Waals surface area (Å²) in [5, 5.41) is 0.474. The summed E-state index contributed by atoms with van der Waals surface area (Å²) in [4.78, 5) is 11.5. The predicted molar refractivity (Wildman–Crippen MR) is 80.1 cm³/mol. The molecule has 20 heavy (non-hydrogen) atoms. The smallest absolute Gasteiger partial charge is 0.347 e. The first kappa shape index (κ1) is 16.8. The molecule has 0 aliphatic heterocycles. The summed E-state index contributed by atoms with van der Waals surface area (Å²) in [6.07, 6.45) is 0.996. The molecule has 0 fully saturated rings. The Morgan fingerprint density at radius 1 is 1.40 bits per heavy atom. The molecule has 1 aromatic rings. The number of rotatable bonds is 7.